The molecule has 0 spiro atoms. The highest BCUT2D eigenvalue weighted by molar-refractivity contribution is 6.11. The SMILES string of the molecule is CC.CCCCC.CCCCC.Cn1c2ccccc2c2ccccc21.c1ccc(-n2c3ccccc3c3ccccc32)cc1.c1ccc(-n2c3ccccc3c3ccccc32)cc1.c1ccc(-n2c3ccccc3c3ccccc32)cc1. The molecule has 11 aromatic carbocycles. The lowest BCUT2D eigenvalue weighted by Gasteiger charge is -2.06. The molecule has 4 heteroatoms. The minimum Gasteiger partial charge on any atom is -0.344 e. The van der Waals surface area contributed by atoms with Gasteiger partial charge in [0.05, 0.1) is 33.1 Å². The molecule has 0 saturated heterocycles. The van der Waals surface area contributed by atoms with Crippen LogP contribution in [0.25, 0.3) is 104 Å². The monoisotopic (exact) mass is 1080 g/mol. The van der Waals surface area contributed by atoms with Crippen LogP contribution in [0.5, 0.6) is 0 Å². The Bertz CT molecular complexity index is 3830. The first-order valence-corrected chi connectivity index (χ1v) is 30.1. The van der Waals surface area contributed by atoms with E-state index in [2.05, 4.69) is 338 Å². The number of nitrogens with zero attached hydrogens (tertiary/aromatic N) is 4. The molecule has 83 heavy (non-hydrogen) atoms. The molecule has 0 unspecified atom stereocenters. The first kappa shape index (κ1) is 58.3. The van der Waals surface area contributed by atoms with E-state index in [9.17, 15) is 0 Å². The second-order valence-corrected chi connectivity index (χ2v) is 20.4. The molecule has 0 aliphatic rings. The van der Waals surface area contributed by atoms with E-state index in [1.54, 1.807) is 0 Å². The summed E-state index contributed by atoms with van der Waals surface area (Å²) in [6, 6.07) is 100. The van der Waals surface area contributed by atoms with Gasteiger partial charge in [0.15, 0.2) is 0 Å². The van der Waals surface area contributed by atoms with Crippen LogP contribution in [-0.2, 0) is 7.05 Å². The zero-order valence-electron chi connectivity index (χ0n) is 49.7. The Morgan fingerprint density at radius 1 is 0.205 bits per heavy atom. The van der Waals surface area contributed by atoms with Crippen LogP contribution < -0.4 is 0 Å². The zero-order valence-corrected chi connectivity index (χ0v) is 49.7. The number of hydrogen-bond donors (Lipinski definition) is 0. The molecule has 0 saturated carbocycles. The van der Waals surface area contributed by atoms with Crippen LogP contribution >= 0.6 is 0 Å². The van der Waals surface area contributed by atoms with Crippen molar-refractivity contribution in [2.45, 2.75) is 80.1 Å². The third-order valence-corrected chi connectivity index (χ3v) is 15.0. The highest BCUT2D eigenvalue weighted by Gasteiger charge is 2.13. The Hall–Kier alpha value is -9.38. The first-order chi connectivity index (χ1) is 41.1. The molecule has 4 heterocycles. The summed E-state index contributed by atoms with van der Waals surface area (Å²) in [5.41, 5.74) is 13.8. The Balaban J connectivity index is 0.000000125. The lowest BCUT2D eigenvalue weighted by molar-refractivity contribution is 0.772. The van der Waals surface area contributed by atoms with Gasteiger partial charge in [0.25, 0.3) is 0 Å². The molecule has 0 amide bonds. The molecule has 4 nitrogen and oxygen atoms in total. The van der Waals surface area contributed by atoms with Crippen LogP contribution in [-0.4, -0.2) is 18.3 Å². The van der Waals surface area contributed by atoms with Gasteiger partial charge < -0.3 is 18.3 Å². The third-order valence-electron chi connectivity index (χ3n) is 15.0. The van der Waals surface area contributed by atoms with Gasteiger partial charge in [-0.25, -0.2) is 0 Å². The van der Waals surface area contributed by atoms with Gasteiger partial charge in [-0.3, -0.25) is 0 Å². The maximum absolute atomic E-state index is 2.32. The number of para-hydroxylation sites is 11. The van der Waals surface area contributed by atoms with Crippen LogP contribution in [0.4, 0.5) is 0 Å². The van der Waals surface area contributed by atoms with E-state index < -0.39 is 0 Å². The van der Waals surface area contributed by atoms with Crippen LogP contribution in [0.1, 0.15) is 80.1 Å². The molecule has 0 aliphatic heterocycles. The number of unbranched alkanes of at least 4 members (excludes halogenated alkanes) is 4. The number of fused-ring (bicyclic) bond motifs is 12. The molecule has 0 atom stereocenters. The van der Waals surface area contributed by atoms with Crippen molar-refractivity contribution < 1.29 is 0 Å². The molecule has 0 aliphatic carbocycles. The summed E-state index contributed by atoms with van der Waals surface area (Å²) >= 11 is 0. The van der Waals surface area contributed by atoms with Crippen molar-refractivity contribution >= 4 is 87.2 Å². The Morgan fingerprint density at radius 2 is 0.361 bits per heavy atom. The van der Waals surface area contributed by atoms with Gasteiger partial charge in [0.1, 0.15) is 0 Å². The molecular weight excluding hydrogens is 1000 g/mol. The van der Waals surface area contributed by atoms with E-state index >= 15 is 0 Å². The fraction of sp³-hybridized carbons (Fsp3) is 0.165. The maximum Gasteiger partial charge on any atom is 0.0541 e. The largest absolute Gasteiger partial charge is 0.344 e. The third kappa shape index (κ3) is 13.0. The summed E-state index contributed by atoms with van der Waals surface area (Å²) < 4.78 is 9.21. The quantitative estimate of drug-likeness (QED) is 0.152. The summed E-state index contributed by atoms with van der Waals surface area (Å²) in [6.45, 7) is 12.8. The van der Waals surface area contributed by atoms with Crippen LogP contribution in [0.2, 0.25) is 0 Å². The Kier molecular flexibility index (Phi) is 20.6. The van der Waals surface area contributed by atoms with Crippen molar-refractivity contribution in [3.63, 3.8) is 0 Å². The van der Waals surface area contributed by atoms with Crippen LogP contribution in [0.3, 0.4) is 0 Å². The van der Waals surface area contributed by atoms with E-state index in [1.807, 2.05) is 13.8 Å². The van der Waals surface area contributed by atoms with E-state index in [1.165, 1.54) is 143 Å². The summed E-state index contributed by atoms with van der Waals surface area (Å²) in [6.07, 6.45) is 8.15. The molecule has 15 rings (SSSR count). The highest BCUT2D eigenvalue weighted by Crippen LogP contribution is 2.34. The summed E-state index contributed by atoms with van der Waals surface area (Å²) in [5.74, 6) is 0. The predicted molar refractivity (Wildman–Crippen MR) is 365 cm³/mol. The molecule has 4 aromatic heterocycles. The summed E-state index contributed by atoms with van der Waals surface area (Å²) in [5, 5.41) is 10.5. The maximum atomic E-state index is 2.32. The Morgan fingerprint density at radius 3 is 0.542 bits per heavy atom. The molecule has 416 valence electrons. The van der Waals surface area contributed by atoms with Gasteiger partial charge in [-0.1, -0.05) is 280 Å². The van der Waals surface area contributed by atoms with Crippen molar-refractivity contribution in [2.75, 3.05) is 0 Å². The Labute approximate surface area is 492 Å². The summed E-state index contributed by atoms with van der Waals surface area (Å²) in [4.78, 5) is 0. The lowest BCUT2D eigenvalue weighted by Crippen LogP contribution is -1.92. The van der Waals surface area contributed by atoms with Crippen LogP contribution in [0.15, 0.2) is 285 Å². The van der Waals surface area contributed by atoms with Gasteiger partial charge in [0.2, 0.25) is 0 Å². The average molecular weight is 1090 g/mol. The van der Waals surface area contributed by atoms with E-state index in [0.717, 1.165) is 0 Å². The number of benzene rings is 11. The standard InChI is InChI=1S/3C18H13N.C13H11N.2C5H12.C2H6/c3*1-2-8-14(9-3-1)19-17-12-6-4-10-15(17)16-11-5-7-13-18(16)19;1-14-12-8-4-2-6-10(12)11-7-3-5-9-13(11)14;2*1-3-5-4-2;1-2/h3*1-13H;2-9H,1H3;2*3-5H2,1-2H3;1-2H3. The molecule has 0 bridgehead atoms. The topological polar surface area (TPSA) is 19.7 Å². The second kappa shape index (κ2) is 29.4. The lowest BCUT2D eigenvalue weighted by atomic mass is 10.2. The zero-order chi connectivity index (χ0) is 57.8. The van der Waals surface area contributed by atoms with Crippen molar-refractivity contribution in [1.82, 2.24) is 18.3 Å². The minimum atomic E-state index is 1.21. The minimum absolute atomic E-state index is 1.21. The first-order valence-electron chi connectivity index (χ1n) is 30.1. The van der Waals surface area contributed by atoms with Gasteiger partial charge in [-0.2, -0.15) is 0 Å². The van der Waals surface area contributed by atoms with Crippen molar-refractivity contribution in [1.29, 1.82) is 0 Å². The molecule has 0 fully saturated rings. The molecule has 15 aromatic rings. The summed E-state index contributed by atoms with van der Waals surface area (Å²) in [7, 11) is 2.12. The second-order valence-electron chi connectivity index (χ2n) is 20.4. The number of hydrogen-bond acceptors (Lipinski definition) is 0. The number of aryl methyl sites for hydroxylation is 1. The number of rotatable bonds is 7. The molecule has 0 N–H and O–H groups in total. The predicted octanol–water partition coefficient (Wildman–Crippen LogP) is 23.1. The van der Waals surface area contributed by atoms with Crippen molar-refractivity contribution in [2.24, 2.45) is 7.05 Å². The fourth-order valence-electron chi connectivity index (χ4n) is 11.2. The number of aromatic nitrogens is 4. The van der Waals surface area contributed by atoms with E-state index in [0.29, 0.717) is 0 Å². The van der Waals surface area contributed by atoms with Gasteiger partial charge >= 0.3 is 0 Å². The van der Waals surface area contributed by atoms with Crippen molar-refractivity contribution in [3.8, 4) is 17.1 Å². The van der Waals surface area contributed by atoms with Crippen LogP contribution in [0, 0.1) is 0 Å². The fourth-order valence-corrected chi connectivity index (χ4v) is 11.2. The smallest absolute Gasteiger partial charge is 0.0541 e. The highest BCUT2D eigenvalue weighted by atomic mass is 15.0. The molecule has 0 radical (unpaired) electrons. The van der Waals surface area contributed by atoms with Gasteiger partial charge in [0, 0.05) is 78.2 Å². The van der Waals surface area contributed by atoms with Gasteiger partial charge in [-0.15, -0.1) is 0 Å². The van der Waals surface area contributed by atoms with E-state index in [-0.39, 0.29) is 0 Å². The molecular formula is C79H80N4. The van der Waals surface area contributed by atoms with Crippen molar-refractivity contribution in [3.05, 3.63) is 285 Å². The van der Waals surface area contributed by atoms with E-state index in [4.69, 9.17) is 0 Å². The van der Waals surface area contributed by atoms with Gasteiger partial charge in [-0.05, 0) is 84.9 Å². The average Bonchev–Trinajstić information content (AvgIpc) is 4.30. The normalized spacial score (nSPS) is 10.6.